The highest BCUT2D eigenvalue weighted by molar-refractivity contribution is 6.15. The van der Waals surface area contributed by atoms with Crippen LogP contribution in [0.25, 0.3) is 44.0 Å². The van der Waals surface area contributed by atoms with Crippen molar-refractivity contribution in [3.05, 3.63) is 84.4 Å². The first kappa shape index (κ1) is 15.5. The molecule has 0 bridgehead atoms. The number of carboxylic acids is 1. The highest BCUT2D eigenvalue weighted by Gasteiger charge is 2.12. The summed E-state index contributed by atoms with van der Waals surface area (Å²) in [7, 11) is 0. The molecule has 0 aliphatic rings. The summed E-state index contributed by atoms with van der Waals surface area (Å²) in [6.07, 6.45) is 0. The van der Waals surface area contributed by atoms with Crippen molar-refractivity contribution in [2.45, 2.75) is 0 Å². The number of nitrogens with zero attached hydrogens (tertiary/aromatic N) is 2. The maximum Gasteiger partial charge on any atom is 0.0900 e. The number of carbonyl (C=O) groups is 1. The number of rotatable bonds is 2. The Bertz CT molecular complexity index is 1360. The summed E-state index contributed by atoms with van der Waals surface area (Å²) in [5, 5.41) is 15.3. The standard InChI is InChI=1S/C23H14N2O2/c26-23(27)17-13-21(19-11-10-15-6-2-4-8-18(15)24-19)25-20-12-9-14-5-1-3-7-16(14)22(17)20/h1-13H,(H,26,27)/p-1. The van der Waals surface area contributed by atoms with Gasteiger partial charge in [0.2, 0.25) is 0 Å². The zero-order valence-electron chi connectivity index (χ0n) is 14.2. The maximum atomic E-state index is 11.9. The molecule has 0 fully saturated rings. The fraction of sp³-hybridized carbons (Fsp3) is 0. The quantitative estimate of drug-likeness (QED) is 0.452. The van der Waals surface area contributed by atoms with Crippen LogP contribution in [0, 0.1) is 0 Å². The van der Waals surface area contributed by atoms with E-state index in [4.69, 9.17) is 4.98 Å². The predicted octanol–water partition coefficient (Wildman–Crippen LogP) is 3.97. The third-order valence-electron chi connectivity index (χ3n) is 4.78. The molecule has 0 aliphatic heterocycles. The number of para-hydroxylation sites is 1. The molecule has 4 heteroatoms. The summed E-state index contributed by atoms with van der Waals surface area (Å²) < 4.78 is 0. The Morgan fingerprint density at radius 3 is 2.26 bits per heavy atom. The van der Waals surface area contributed by atoms with Gasteiger partial charge in [0.15, 0.2) is 0 Å². The van der Waals surface area contributed by atoms with Gasteiger partial charge in [-0.25, -0.2) is 9.97 Å². The third-order valence-corrected chi connectivity index (χ3v) is 4.78. The normalized spacial score (nSPS) is 11.3. The molecule has 0 spiro atoms. The maximum absolute atomic E-state index is 11.9. The number of aromatic carboxylic acids is 1. The van der Waals surface area contributed by atoms with Crippen LogP contribution in [-0.4, -0.2) is 15.9 Å². The van der Waals surface area contributed by atoms with Crippen molar-refractivity contribution >= 4 is 38.5 Å². The van der Waals surface area contributed by atoms with Crippen LogP contribution in [0.1, 0.15) is 10.4 Å². The van der Waals surface area contributed by atoms with E-state index in [-0.39, 0.29) is 5.56 Å². The Kier molecular flexibility index (Phi) is 3.37. The second kappa shape index (κ2) is 5.88. The van der Waals surface area contributed by atoms with Crippen LogP contribution in [0.4, 0.5) is 0 Å². The lowest BCUT2D eigenvalue weighted by Gasteiger charge is -2.13. The Morgan fingerprint density at radius 2 is 1.41 bits per heavy atom. The summed E-state index contributed by atoms with van der Waals surface area (Å²) in [5.74, 6) is -1.22. The van der Waals surface area contributed by atoms with Crippen LogP contribution in [0.2, 0.25) is 0 Å². The van der Waals surface area contributed by atoms with Gasteiger partial charge in [-0.2, -0.15) is 0 Å². The van der Waals surface area contributed by atoms with Crippen molar-refractivity contribution in [3.63, 3.8) is 0 Å². The Labute approximate surface area is 154 Å². The van der Waals surface area contributed by atoms with Gasteiger partial charge in [-0.15, -0.1) is 0 Å². The van der Waals surface area contributed by atoms with E-state index in [2.05, 4.69) is 4.98 Å². The average Bonchev–Trinajstić information content (AvgIpc) is 2.72. The van der Waals surface area contributed by atoms with Crippen LogP contribution in [0.5, 0.6) is 0 Å². The number of hydrogen-bond acceptors (Lipinski definition) is 4. The number of pyridine rings is 2. The molecule has 0 amide bonds. The Hall–Kier alpha value is -3.79. The number of carbonyl (C=O) groups excluding carboxylic acids is 1. The molecule has 27 heavy (non-hydrogen) atoms. The van der Waals surface area contributed by atoms with Gasteiger partial charge in [0, 0.05) is 16.3 Å². The molecule has 2 aromatic heterocycles. The highest BCUT2D eigenvalue weighted by Crippen LogP contribution is 2.30. The van der Waals surface area contributed by atoms with Gasteiger partial charge in [-0.1, -0.05) is 54.6 Å². The van der Waals surface area contributed by atoms with E-state index < -0.39 is 5.97 Å². The van der Waals surface area contributed by atoms with Gasteiger partial charge in [0.05, 0.1) is 28.4 Å². The van der Waals surface area contributed by atoms with Gasteiger partial charge >= 0.3 is 0 Å². The van der Waals surface area contributed by atoms with Gasteiger partial charge in [-0.05, 0) is 35.0 Å². The summed E-state index contributed by atoms with van der Waals surface area (Å²) >= 11 is 0. The molecule has 2 heterocycles. The van der Waals surface area contributed by atoms with Crippen molar-refractivity contribution in [3.8, 4) is 11.4 Å². The molecule has 0 unspecified atom stereocenters. The van der Waals surface area contributed by atoms with Crippen molar-refractivity contribution < 1.29 is 9.90 Å². The molecule has 5 rings (SSSR count). The monoisotopic (exact) mass is 349 g/mol. The lowest BCUT2D eigenvalue weighted by atomic mass is 9.99. The molecule has 0 saturated carbocycles. The minimum atomic E-state index is -1.22. The SMILES string of the molecule is O=C([O-])c1cc(-c2ccc3ccccc3n2)nc2ccc3ccccc3c12. The average molecular weight is 349 g/mol. The molecule has 0 aliphatic carbocycles. The van der Waals surface area contributed by atoms with Crippen LogP contribution in [0.15, 0.2) is 78.9 Å². The second-order valence-electron chi connectivity index (χ2n) is 6.41. The van der Waals surface area contributed by atoms with Crippen molar-refractivity contribution in [2.75, 3.05) is 0 Å². The van der Waals surface area contributed by atoms with Crippen LogP contribution in [-0.2, 0) is 0 Å². The van der Waals surface area contributed by atoms with Crippen molar-refractivity contribution in [1.29, 1.82) is 0 Å². The van der Waals surface area contributed by atoms with E-state index in [1.54, 1.807) is 6.07 Å². The van der Waals surface area contributed by atoms with Gasteiger partial charge in [0.25, 0.3) is 0 Å². The first-order chi connectivity index (χ1) is 13.2. The summed E-state index contributed by atoms with van der Waals surface area (Å²) in [6.45, 7) is 0. The van der Waals surface area contributed by atoms with Crippen LogP contribution in [0.3, 0.4) is 0 Å². The van der Waals surface area contributed by atoms with Crippen LogP contribution >= 0.6 is 0 Å². The molecule has 5 aromatic rings. The molecule has 0 atom stereocenters. The highest BCUT2D eigenvalue weighted by atomic mass is 16.4. The zero-order valence-corrected chi connectivity index (χ0v) is 14.2. The first-order valence-electron chi connectivity index (χ1n) is 8.61. The minimum absolute atomic E-state index is 0.127. The van der Waals surface area contributed by atoms with Gasteiger partial charge in [0.1, 0.15) is 0 Å². The molecule has 0 radical (unpaired) electrons. The number of aromatic nitrogens is 2. The molecule has 4 nitrogen and oxygen atoms in total. The zero-order chi connectivity index (χ0) is 18.4. The Balaban J connectivity index is 1.83. The molecule has 0 N–H and O–H groups in total. The first-order valence-corrected chi connectivity index (χ1v) is 8.61. The smallest absolute Gasteiger partial charge is 0.0900 e. The lowest BCUT2D eigenvalue weighted by Crippen LogP contribution is -2.23. The van der Waals surface area contributed by atoms with Gasteiger partial charge < -0.3 is 9.90 Å². The van der Waals surface area contributed by atoms with E-state index in [9.17, 15) is 9.90 Å². The largest absolute Gasteiger partial charge is 0.545 e. The second-order valence-corrected chi connectivity index (χ2v) is 6.41. The summed E-state index contributed by atoms with van der Waals surface area (Å²) in [5.41, 5.74) is 2.72. The van der Waals surface area contributed by atoms with Crippen molar-refractivity contribution in [1.82, 2.24) is 9.97 Å². The number of fused-ring (bicyclic) bond motifs is 4. The van der Waals surface area contributed by atoms with Crippen molar-refractivity contribution in [2.24, 2.45) is 0 Å². The van der Waals surface area contributed by atoms with E-state index in [0.29, 0.717) is 22.3 Å². The number of hydrogen-bond donors (Lipinski definition) is 0. The fourth-order valence-corrected chi connectivity index (χ4v) is 3.51. The van der Waals surface area contributed by atoms with Crippen LogP contribution < -0.4 is 5.11 Å². The number of carboxylic acid groups (broad SMARTS) is 1. The predicted molar refractivity (Wildman–Crippen MR) is 104 cm³/mol. The molecule has 0 saturated heterocycles. The fourth-order valence-electron chi connectivity index (χ4n) is 3.51. The third kappa shape index (κ3) is 2.50. The Morgan fingerprint density at radius 1 is 0.704 bits per heavy atom. The topological polar surface area (TPSA) is 65.9 Å². The van der Waals surface area contributed by atoms with E-state index in [1.165, 1.54) is 0 Å². The van der Waals surface area contributed by atoms with E-state index in [1.807, 2.05) is 72.8 Å². The summed E-state index contributed by atoms with van der Waals surface area (Å²) in [4.78, 5) is 21.2. The molecule has 3 aromatic carbocycles. The van der Waals surface area contributed by atoms with E-state index >= 15 is 0 Å². The van der Waals surface area contributed by atoms with Gasteiger partial charge in [-0.3, -0.25) is 0 Å². The number of benzene rings is 3. The summed E-state index contributed by atoms with van der Waals surface area (Å²) in [6, 6.07) is 24.6. The lowest BCUT2D eigenvalue weighted by molar-refractivity contribution is -0.254. The molecular weight excluding hydrogens is 336 g/mol. The minimum Gasteiger partial charge on any atom is -0.545 e. The van der Waals surface area contributed by atoms with E-state index in [0.717, 1.165) is 21.7 Å². The molecule has 128 valence electrons. The molecular formula is C23H13N2O2-.